The standard InChI is InChI=1S/C27H34N2O5/c1-17(2)33-21-11-7-19(8-12-21)24-23(26(31)27(32)29(24)16-15-28(5)6)25(30)20-9-13-22(14-10-20)34-18(3)4/h7-14,17-18,24,30H,15-16H2,1-6H3/b25-23+/t24-/m1/s1. The number of Topliss-reactive ketones (excluding diaryl/α,β-unsaturated/α-hetero) is 1. The van der Waals surface area contributed by atoms with Crippen LogP contribution in [0.4, 0.5) is 0 Å². The fraction of sp³-hybridized carbons (Fsp3) is 0.407. The van der Waals surface area contributed by atoms with Crippen molar-refractivity contribution in [2.75, 3.05) is 27.2 Å². The third-order valence-corrected chi connectivity index (χ3v) is 5.40. The third-order valence-electron chi connectivity index (χ3n) is 5.40. The van der Waals surface area contributed by atoms with Gasteiger partial charge in [0.05, 0.1) is 23.8 Å². The van der Waals surface area contributed by atoms with Crippen molar-refractivity contribution >= 4 is 17.4 Å². The molecule has 1 saturated heterocycles. The number of hydrogen-bond donors (Lipinski definition) is 1. The number of carbonyl (C=O) groups excluding carboxylic acids is 2. The van der Waals surface area contributed by atoms with E-state index in [-0.39, 0.29) is 23.5 Å². The van der Waals surface area contributed by atoms with E-state index in [4.69, 9.17) is 9.47 Å². The monoisotopic (exact) mass is 466 g/mol. The molecule has 0 spiro atoms. The molecule has 1 N–H and O–H groups in total. The Hall–Kier alpha value is -3.32. The summed E-state index contributed by atoms with van der Waals surface area (Å²) in [4.78, 5) is 29.6. The number of hydrogen-bond acceptors (Lipinski definition) is 6. The molecule has 1 fully saturated rings. The molecule has 0 aliphatic carbocycles. The van der Waals surface area contributed by atoms with Crippen LogP contribution in [0.1, 0.15) is 44.9 Å². The quantitative estimate of drug-likeness (QED) is 0.338. The Kier molecular flexibility index (Phi) is 7.99. The summed E-state index contributed by atoms with van der Waals surface area (Å²) in [7, 11) is 3.81. The van der Waals surface area contributed by atoms with Crippen LogP contribution in [-0.4, -0.2) is 66.0 Å². The summed E-state index contributed by atoms with van der Waals surface area (Å²) >= 11 is 0. The van der Waals surface area contributed by atoms with E-state index in [1.54, 1.807) is 24.3 Å². The SMILES string of the molecule is CC(C)Oc1ccc(/C(O)=C2\C(=O)C(=O)N(CCN(C)C)[C@@H]2c2ccc(OC(C)C)cc2)cc1. The number of aliphatic hydroxyl groups is 1. The summed E-state index contributed by atoms with van der Waals surface area (Å²) in [6.07, 6.45) is 0.0448. The van der Waals surface area contributed by atoms with Crippen molar-refractivity contribution < 1.29 is 24.2 Å². The summed E-state index contributed by atoms with van der Waals surface area (Å²) in [5, 5.41) is 11.2. The maximum atomic E-state index is 13.1. The molecule has 1 aliphatic rings. The molecule has 0 radical (unpaired) electrons. The Labute approximate surface area is 201 Å². The second kappa shape index (κ2) is 10.7. The number of aliphatic hydroxyl groups excluding tert-OH is 1. The number of ketones is 1. The maximum Gasteiger partial charge on any atom is 0.295 e. The highest BCUT2D eigenvalue weighted by Gasteiger charge is 2.45. The van der Waals surface area contributed by atoms with Crippen molar-refractivity contribution in [1.29, 1.82) is 0 Å². The van der Waals surface area contributed by atoms with Gasteiger partial charge in [-0.3, -0.25) is 9.59 Å². The van der Waals surface area contributed by atoms with Crippen LogP contribution in [-0.2, 0) is 9.59 Å². The molecule has 7 heteroatoms. The highest BCUT2D eigenvalue weighted by atomic mass is 16.5. The first kappa shape index (κ1) is 25.3. The summed E-state index contributed by atoms with van der Waals surface area (Å²) < 4.78 is 11.4. The second-order valence-electron chi connectivity index (χ2n) is 9.22. The van der Waals surface area contributed by atoms with Gasteiger partial charge in [0.2, 0.25) is 0 Å². The van der Waals surface area contributed by atoms with Gasteiger partial charge < -0.3 is 24.4 Å². The fourth-order valence-corrected chi connectivity index (χ4v) is 3.88. The van der Waals surface area contributed by atoms with Crippen LogP contribution in [0.25, 0.3) is 5.76 Å². The van der Waals surface area contributed by atoms with E-state index in [0.717, 1.165) is 5.56 Å². The van der Waals surface area contributed by atoms with Crippen LogP contribution in [0.3, 0.4) is 0 Å². The van der Waals surface area contributed by atoms with Crippen molar-refractivity contribution in [3.8, 4) is 11.5 Å². The normalized spacial score (nSPS) is 17.8. The van der Waals surface area contributed by atoms with Crippen LogP contribution in [0.2, 0.25) is 0 Å². The predicted octanol–water partition coefficient (Wildman–Crippen LogP) is 4.24. The van der Waals surface area contributed by atoms with E-state index >= 15 is 0 Å². The van der Waals surface area contributed by atoms with E-state index in [9.17, 15) is 14.7 Å². The summed E-state index contributed by atoms with van der Waals surface area (Å²) in [5.74, 6) is -0.142. The molecule has 1 aliphatic heterocycles. The molecule has 2 aromatic carbocycles. The first-order chi connectivity index (χ1) is 16.1. The van der Waals surface area contributed by atoms with E-state index in [1.165, 1.54) is 4.90 Å². The number of carbonyl (C=O) groups is 2. The van der Waals surface area contributed by atoms with E-state index in [2.05, 4.69) is 0 Å². The first-order valence-electron chi connectivity index (χ1n) is 11.5. The molecule has 3 rings (SSSR count). The summed E-state index contributed by atoms with van der Waals surface area (Å²) in [6, 6.07) is 13.5. The minimum atomic E-state index is -0.695. The smallest absolute Gasteiger partial charge is 0.295 e. The lowest BCUT2D eigenvalue weighted by Crippen LogP contribution is -2.35. The van der Waals surface area contributed by atoms with Crippen LogP contribution in [0.5, 0.6) is 11.5 Å². The lowest BCUT2D eigenvalue weighted by atomic mass is 9.95. The van der Waals surface area contributed by atoms with Gasteiger partial charge in [-0.15, -0.1) is 0 Å². The van der Waals surface area contributed by atoms with Gasteiger partial charge in [0.25, 0.3) is 11.7 Å². The van der Waals surface area contributed by atoms with Crippen molar-refractivity contribution in [3.05, 3.63) is 65.2 Å². The molecule has 2 aromatic rings. The van der Waals surface area contributed by atoms with Gasteiger partial charge in [-0.25, -0.2) is 0 Å². The molecule has 7 nitrogen and oxygen atoms in total. The van der Waals surface area contributed by atoms with Gasteiger partial charge in [0.15, 0.2) is 0 Å². The summed E-state index contributed by atoms with van der Waals surface area (Å²) in [5.41, 5.74) is 1.26. The number of nitrogens with zero attached hydrogens (tertiary/aromatic N) is 2. The van der Waals surface area contributed by atoms with Crippen molar-refractivity contribution in [2.24, 2.45) is 0 Å². The molecule has 0 bridgehead atoms. The zero-order chi connectivity index (χ0) is 25.0. The molecule has 0 saturated carbocycles. The fourth-order valence-electron chi connectivity index (χ4n) is 3.88. The van der Waals surface area contributed by atoms with Crippen molar-refractivity contribution in [3.63, 3.8) is 0 Å². The Bertz CT molecular complexity index is 1040. The molecule has 182 valence electrons. The Balaban J connectivity index is 2.05. The van der Waals surface area contributed by atoms with Crippen LogP contribution in [0, 0.1) is 0 Å². The topological polar surface area (TPSA) is 79.3 Å². The number of likely N-dealkylation sites (N-methyl/N-ethyl adjacent to an activating group) is 1. The van der Waals surface area contributed by atoms with Crippen LogP contribution in [0.15, 0.2) is 54.1 Å². The maximum absolute atomic E-state index is 13.1. The van der Waals surface area contributed by atoms with Gasteiger partial charge >= 0.3 is 0 Å². The molecule has 0 unspecified atom stereocenters. The largest absolute Gasteiger partial charge is 0.507 e. The van der Waals surface area contributed by atoms with E-state index in [1.807, 2.05) is 71.0 Å². The zero-order valence-electron chi connectivity index (χ0n) is 20.7. The molecular formula is C27H34N2O5. The zero-order valence-corrected chi connectivity index (χ0v) is 20.7. The Morgan fingerprint density at radius 2 is 1.41 bits per heavy atom. The number of likely N-dealkylation sites (tertiary alicyclic amines) is 1. The number of ether oxygens (including phenoxy) is 2. The molecule has 34 heavy (non-hydrogen) atoms. The average Bonchev–Trinajstić information content (AvgIpc) is 3.02. The van der Waals surface area contributed by atoms with Crippen molar-refractivity contribution in [1.82, 2.24) is 9.80 Å². The number of benzene rings is 2. The second-order valence-corrected chi connectivity index (χ2v) is 9.22. The van der Waals surface area contributed by atoms with Gasteiger partial charge in [0.1, 0.15) is 17.3 Å². The third kappa shape index (κ3) is 5.78. The predicted molar refractivity (Wildman–Crippen MR) is 132 cm³/mol. The van der Waals surface area contributed by atoms with Gasteiger partial charge in [-0.1, -0.05) is 12.1 Å². The minimum Gasteiger partial charge on any atom is -0.507 e. The van der Waals surface area contributed by atoms with Gasteiger partial charge in [-0.2, -0.15) is 0 Å². The van der Waals surface area contributed by atoms with E-state index in [0.29, 0.717) is 30.2 Å². The van der Waals surface area contributed by atoms with Gasteiger partial charge in [0, 0.05) is 18.7 Å². The molecule has 0 aromatic heterocycles. The molecular weight excluding hydrogens is 432 g/mol. The highest BCUT2D eigenvalue weighted by molar-refractivity contribution is 6.46. The first-order valence-corrected chi connectivity index (χ1v) is 11.5. The Morgan fingerprint density at radius 3 is 1.88 bits per heavy atom. The van der Waals surface area contributed by atoms with Crippen LogP contribution < -0.4 is 9.47 Å². The summed E-state index contributed by atoms with van der Waals surface area (Å²) in [6.45, 7) is 8.69. The molecule has 1 atom stereocenters. The van der Waals surface area contributed by atoms with Crippen LogP contribution >= 0.6 is 0 Å². The minimum absolute atomic E-state index is 0.0177. The average molecular weight is 467 g/mol. The lowest BCUT2D eigenvalue weighted by Gasteiger charge is -2.26. The lowest BCUT2D eigenvalue weighted by molar-refractivity contribution is -0.140. The molecule has 1 heterocycles. The van der Waals surface area contributed by atoms with Crippen molar-refractivity contribution in [2.45, 2.75) is 45.9 Å². The number of amides is 1. The van der Waals surface area contributed by atoms with E-state index < -0.39 is 17.7 Å². The number of rotatable bonds is 9. The highest BCUT2D eigenvalue weighted by Crippen LogP contribution is 2.40. The van der Waals surface area contributed by atoms with Gasteiger partial charge in [-0.05, 0) is 83.8 Å². The Morgan fingerprint density at radius 1 is 0.912 bits per heavy atom. The molecule has 1 amide bonds.